The molecule has 2 aromatic heterocycles. The Bertz CT molecular complexity index is 1230. The van der Waals surface area contributed by atoms with Crippen molar-refractivity contribution in [2.45, 2.75) is 38.7 Å². The number of amides is 1. The number of aryl methyl sites for hydroxylation is 1. The van der Waals surface area contributed by atoms with E-state index < -0.39 is 11.9 Å². The second-order valence-corrected chi connectivity index (χ2v) is 8.71. The highest BCUT2D eigenvalue weighted by Gasteiger charge is 2.33. The van der Waals surface area contributed by atoms with E-state index in [1.54, 1.807) is 12.3 Å². The molecule has 34 heavy (non-hydrogen) atoms. The minimum Gasteiger partial charge on any atom is -0.394 e. The summed E-state index contributed by atoms with van der Waals surface area (Å²) in [6, 6.07) is 5.58. The predicted molar refractivity (Wildman–Crippen MR) is 121 cm³/mol. The first kappa shape index (κ1) is 22.5. The topological polar surface area (TPSA) is 113 Å². The average molecular weight is 468 g/mol. The normalized spacial score (nSPS) is 18.1. The molecular formula is C24H26FN5O4. The van der Waals surface area contributed by atoms with Crippen LogP contribution >= 0.6 is 0 Å². The van der Waals surface area contributed by atoms with Crippen LogP contribution in [0.15, 0.2) is 36.7 Å². The number of halogens is 1. The van der Waals surface area contributed by atoms with Crippen molar-refractivity contribution in [2.75, 3.05) is 25.1 Å². The van der Waals surface area contributed by atoms with Crippen molar-refractivity contribution in [1.29, 1.82) is 0 Å². The Kier molecular flexibility index (Phi) is 6.03. The summed E-state index contributed by atoms with van der Waals surface area (Å²) in [6.07, 6.45) is 3.60. The van der Waals surface area contributed by atoms with Gasteiger partial charge < -0.3 is 29.7 Å². The largest absolute Gasteiger partial charge is 0.394 e. The molecule has 3 aromatic rings. The van der Waals surface area contributed by atoms with Crippen molar-refractivity contribution < 1.29 is 24.1 Å². The van der Waals surface area contributed by atoms with Crippen LogP contribution in [0.1, 0.15) is 27.2 Å². The molecule has 1 unspecified atom stereocenters. The summed E-state index contributed by atoms with van der Waals surface area (Å²) in [5.74, 6) is -0.219. The monoisotopic (exact) mass is 467 g/mol. The Morgan fingerprint density at radius 3 is 2.76 bits per heavy atom. The van der Waals surface area contributed by atoms with E-state index in [2.05, 4.69) is 15.3 Å². The number of carbonyl (C=O) groups excluding carboxylic acids is 1. The molecule has 1 aromatic carbocycles. The SMILES string of the molecule is Cc1cnc(NC2COC2)nc1-c1cc2n(c1)CC(CO)N(Cc1cc(F)ccc1CO)C2=O. The highest BCUT2D eigenvalue weighted by molar-refractivity contribution is 5.95. The van der Waals surface area contributed by atoms with Crippen molar-refractivity contribution >= 4 is 11.9 Å². The summed E-state index contributed by atoms with van der Waals surface area (Å²) < 4.78 is 20.9. The van der Waals surface area contributed by atoms with Crippen LogP contribution in [-0.4, -0.2) is 67.5 Å². The number of nitrogens with one attached hydrogen (secondary N) is 1. The molecule has 0 saturated carbocycles. The van der Waals surface area contributed by atoms with Gasteiger partial charge >= 0.3 is 0 Å². The number of benzene rings is 1. The van der Waals surface area contributed by atoms with E-state index in [0.717, 1.165) is 11.1 Å². The van der Waals surface area contributed by atoms with Crippen molar-refractivity contribution in [3.8, 4) is 11.3 Å². The minimum absolute atomic E-state index is 0.0856. The maximum Gasteiger partial charge on any atom is 0.271 e. The van der Waals surface area contributed by atoms with Crippen LogP contribution in [0.5, 0.6) is 0 Å². The van der Waals surface area contributed by atoms with Crippen molar-refractivity contribution in [3.63, 3.8) is 0 Å². The Morgan fingerprint density at radius 2 is 2.06 bits per heavy atom. The lowest BCUT2D eigenvalue weighted by atomic mass is 10.0. The smallest absolute Gasteiger partial charge is 0.271 e. The van der Waals surface area contributed by atoms with Gasteiger partial charge in [0.2, 0.25) is 5.95 Å². The lowest BCUT2D eigenvalue weighted by Gasteiger charge is -2.36. The lowest BCUT2D eigenvalue weighted by Crippen LogP contribution is -2.49. The highest BCUT2D eigenvalue weighted by atomic mass is 19.1. The third-order valence-electron chi connectivity index (χ3n) is 6.33. The van der Waals surface area contributed by atoms with Gasteiger partial charge in [-0.2, -0.15) is 0 Å². The number of rotatable bonds is 7. The summed E-state index contributed by atoms with van der Waals surface area (Å²) in [4.78, 5) is 24.0. The molecule has 9 nitrogen and oxygen atoms in total. The number of hydrogen-bond donors (Lipinski definition) is 3. The molecule has 2 aliphatic heterocycles. The first-order valence-corrected chi connectivity index (χ1v) is 11.1. The first-order chi connectivity index (χ1) is 16.5. The molecule has 3 N–H and O–H groups in total. The second-order valence-electron chi connectivity index (χ2n) is 8.71. The average Bonchev–Trinajstić information content (AvgIpc) is 3.23. The van der Waals surface area contributed by atoms with E-state index in [1.807, 2.05) is 17.7 Å². The van der Waals surface area contributed by atoms with Crippen LogP contribution in [0.4, 0.5) is 10.3 Å². The van der Waals surface area contributed by atoms with E-state index in [1.165, 1.54) is 23.1 Å². The van der Waals surface area contributed by atoms with Crippen LogP contribution < -0.4 is 5.32 Å². The van der Waals surface area contributed by atoms with Gasteiger partial charge in [-0.25, -0.2) is 14.4 Å². The zero-order valence-corrected chi connectivity index (χ0v) is 18.7. The highest BCUT2D eigenvalue weighted by Crippen LogP contribution is 2.29. The number of hydrogen-bond acceptors (Lipinski definition) is 7. The van der Waals surface area contributed by atoms with Crippen LogP contribution in [0.3, 0.4) is 0 Å². The first-order valence-electron chi connectivity index (χ1n) is 11.1. The van der Waals surface area contributed by atoms with Crippen molar-refractivity contribution in [2.24, 2.45) is 0 Å². The van der Waals surface area contributed by atoms with Crippen molar-refractivity contribution in [1.82, 2.24) is 19.4 Å². The molecule has 2 aliphatic rings. The number of ether oxygens (including phenoxy) is 1. The van der Waals surface area contributed by atoms with Gasteiger partial charge in [-0.1, -0.05) is 6.07 Å². The molecule has 178 valence electrons. The molecule has 10 heteroatoms. The molecule has 0 aliphatic carbocycles. The predicted octanol–water partition coefficient (Wildman–Crippen LogP) is 1.71. The fourth-order valence-electron chi connectivity index (χ4n) is 4.35. The Balaban J connectivity index is 1.45. The molecule has 0 spiro atoms. The number of carbonyl (C=O) groups is 1. The van der Waals surface area contributed by atoms with Crippen LogP contribution in [0.25, 0.3) is 11.3 Å². The summed E-state index contributed by atoms with van der Waals surface area (Å²) in [7, 11) is 0. The zero-order chi connectivity index (χ0) is 23.8. The van der Waals surface area contributed by atoms with Gasteiger partial charge in [0.1, 0.15) is 11.5 Å². The van der Waals surface area contributed by atoms with E-state index in [-0.39, 0.29) is 31.7 Å². The minimum atomic E-state index is -0.489. The summed E-state index contributed by atoms with van der Waals surface area (Å²) >= 11 is 0. The quantitative estimate of drug-likeness (QED) is 0.485. The summed E-state index contributed by atoms with van der Waals surface area (Å²) in [6.45, 7) is 3.10. The fraction of sp³-hybridized carbons (Fsp3) is 0.375. The van der Waals surface area contributed by atoms with Gasteiger partial charge in [-0.15, -0.1) is 0 Å². The number of anilines is 1. The van der Waals surface area contributed by atoms with Crippen LogP contribution in [0, 0.1) is 12.7 Å². The number of nitrogens with zero attached hydrogens (tertiary/aromatic N) is 4. The number of aromatic nitrogens is 3. The molecule has 0 bridgehead atoms. The Labute approximate surface area is 195 Å². The molecule has 1 atom stereocenters. The van der Waals surface area contributed by atoms with Gasteiger partial charge in [0.25, 0.3) is 5.91 Å². The van der Waals surface area contributed by atoms with E-state index in [4.69, 9.17) is 4.74 Å². The third kappa shape index (κ3) is 4.15. The molecule has 1 fully saturated rings. The van der Waals surface area contributed by atoms with Crippen LogP contribution in [0.2, 0.25) is 0 Å². The Morgan fingerprint density at radius 1 is 1.24 bits per heavy atom. The third-order valence-corrected chi connectivity index (χ3v) is 6.33. The van der Waals surface area contributed by atoms with E-state index in [0.29, 0.717) is 48.2 Å². The van der Waals surface area contributed by atoms with Gasteiger partial charge in [0.15, 0.2) is 0 Å². The zero-order valence-electron chi connectivity index (χ0n) is 18.7. The summed E-state index contributed by atoms with van der Waals surface area (Å²) in [5, 5.41) is 22.9. The van der Waals surface area contributed by atoms with Gasteiger partial charge in [-0.05, 0) is 41.8 Å². The van der Waals surface area contributed by atoms with Gasteiger partial charge in [0.05, 0.1) is 44.2 Å². The number of fused-ring (bicyclic) bond motifs is 1. The van der Waals surface area contributed by atoms with E-state index >= 15 is 0 Å². The van der Waals surface area contributed by atoms with Gasteiger partial charge in [-0.3, -0.25) is 4.79 Å². The Hall–Kier alpha value is -3.34. The molecule has 0 radical (unpaired) electrons. The second kappa shape index (κ2) is 9.13. The fourth-order valence-corrected chi connectivity index (χ4v) is 4.35. The molecular weight excluding hydrogens is 441 g/mol. The molecule has 1 amide bonds. The number of aliphatic hydroxyl groups excluding tert-OH is 2. The maximum absolute atomic E-state index is 13.9. The van der Waals surface area contributed by atoms with Crippen molar-refractivity contribution in [3.05, 3.63) is 64.9 Å². The molecule has 5 rings (SSSR count). The standard InChI is InChI=1S/C24H26FN5O4/c1-14-6-26-24(27-19-12-34-13-19)28-22(14)17-5-21-23(33)30(20(11-32)9-29(21)7-17)8-16-4-18(25)3-2-15(16)10-31/h2-7,19-20,31-32H,8-13H2,1H3,(H,26,27,28). The maximum atomic E-state index is 13.9. The van der Waals surface area contributed by atoms with E-state index in [9.17, 15) is 19.4 Å². The lowest BCUT2D eigenvalue weighted by molar-refractivity contribution is 0.0208. The summed E-state index contributed by atoms with van der Waals surface area (Å²) in [5.41, 5.74) is 3.87. The van der Waals surface area contributed by atoms with Crippen LogP contribution in [-0.2, 0) is 24.4 Å². The molecule has 1 saturated heterocycles. The van der Waals surface area contributed by atoms with Gasteiger partial charge in [0, 0.05) is 31.0 Å². The molecule has 4 heterocycles. The number of aliphatic hydroxyl groups is 2.